The summed E-state index contributed by atoms with van der Waals surface area (Å²) in [6.07, 6.45) is 1.57. The fourth-order valence-electron chi connectivity index (χ4n) is 2.51. The van der Waals surface area contributed by atoms with Crippen LogP contribution in [-0.2, 0) is 9.63 Å². The van der Waals surface area contributed by atoms with Crippen molar-refractivity contribution in [2.75, 3.05) is 30.9 Å². The number of nitrogens with one attached hydrogen (secondary N) is 1. The Hall–Kier alpha value is -3.80. The Balaban J connectivity index is 1.47. The third-order valence-electron chi connectivity index (χ3n) is 3.98. The smallest absolute Gasteiger partial charge is 0.265 e. The second-order valence-corrected chi connectivity index (χ2v) is 6.49. The number of carbonyl (C=O) groups is 1. The van der Waals surface area contributed by atoms with E-state index in [4.69, 9.17) is 9.57 Å². The summed E-state index contributed by atoms with van der Waals surface area (Å²) in [4.78, 5) is 19.2. The van der Waals surface area contributed by atoms with E-state index < -0.39 is 0 Å². The first-order valence-electron chi connectivity index (χ1n) is 9.16. The van der Waals surface area contributed by atoms with Crippen LogP contribution in [0.2, 0.25) is 0 Å². The minimum atomic E-state index is -0.304. The summed E-state index contributed by atoms with van der Waals surface area (Å²) in [6, 6.07) is 24.4. The molecule has 0 unspecified atom stereocenters. The molecule has 0 saturated heterocycles. The topological polar surface area (TPSA) is 63.2 Å². The molecule has 0 radical (unpaired) electrons. The quantitative estimate of drug-likeness (QED) is 0.454. The Morgan fingerprint density at radius 1 is 0.966 bits per heavy atom. The van der Waals surface area contributed by atoms with Gasteiger partial charge in [0.2, 0.25) is 0 Å². The summed E-state index contributed by atoms with van der Waals surface area (Å²) in [6.45, 7) is -0.184. The van der Waals surface area contributed by atoms with Crippen molar-refractivity contribution in [3.8, 4) is 11.5 Å². The molecule has 0 aliphatic heterocycles. The van der Waals surface area contributed by atoms with Crippen LogP contribution in [-0.4, -0.2) is 32.8 Å². The van der Waals surface area contributed by atoms with E-state index in [2.05, 4.69) is 10.5 Å². The molecule has 0 heterocycles. The molecule has 0 aliphatic carbocycles. The molecular weight excluding hydrogens is 366 g/mol. The molecular formula is C23H23N3O3. The molecule has 6 nitrogen and oxygen atoms in total. The maximum atomic E-state index is 12.1. The number of nitrogens with zero attached hydrogens (tertiary/aromatic N) is 2. The Kier molecular flexibility index (Phi) is 6.84. The van der Waals surface area contributed by atoms with Crippen LogP contribution in [0, 0.1) is 0 Å². The zero-order chi connectivity index (χ0) is 20.5. The Morgan fingerprint density at radius 2 is 1.69 bits per heavy atom. The van der Waals surface area contributed by atoms with Crippen molar-refractivity contribution < 1.29 is 14.4 Å². The number of hydrogen-bond acceptors (Lipinski definition) is 5. The monoisotopic (exact) mass is 389 g/mol. The van der Waals surface area contributed by atoms with E-state index in [0.29, 0.717) is 11.4 Å². The van der Waals surface area contributed by atoms with E-state index in [-0.39, 0.29) is 12.5 Å². The SMILES string of the molecule is CN(C)c1ccc(/C=N\OCC(=O)Nc2cccc(Oc3ccccc3)c2)cc1. The van der Waals surface area contributed by atoms with Gasteiger partial charge in [0.25, 0.3) is 5.91 Å². The first-order valence-corrected chi connectivity index (χ1v) is 9.16. The normalized spacial score (nSPS) is 10.6. The molecule has 0 bridgehead atoms. The first kappa shape index (κ1) is 19.9. The standard InChI is InChI=1S/C23H23N3O3/c1-26(2)20-13-11-18(12-14-20)16-24-28-17-23(27)25-19-7-6-10-22(15-19)29-21-8-4-3-5-9-21/h3-16H,17H2,1-2H3,(H,25,27)/b24-16-. The van der Waals surface area contributed by atoms with E-state index in [1.807, 2.05) is 85.7 Å². The van der Waals surface area contributed by atoms with Crippen molar-refractivity contribution in [3.63, 3.8) is 0 Å². The minimum absolute atomic E-state index is 0.184. The van der Waals surface area contributed by atoms with E-state index >= 15 is 0 Å². The van der Waals surface area contributed by atoms with Crippen LogP contribution in [0.25, 0.3) is 0 Å². The number of carbonyl (C=O) groups excluding carboxylic acids is 1. The second-order valence-electron chi connectivity index (χ2n) is 6.49. The highest BCUT2D eigenvalue weighted by Crippen LogP contribution is 2.23. The lowest BCUT2D eigenvalue weighted by atomic mass is 10.2. The van der Waals surface area contributed by atoms with E-state index in [9.17, 15) is 4.79 Å². The highest BCUT2D eigenvalue weighted by atomic mass is 16.6. The molecule has 0 saturated carbocycles. The molecule has 148 valence electrons. The van der Waals surface area contributed by atoms with Gasteiger partial charge in [0.15, 0.2) is 6.61 Å². The van der Waals surface area contributed by atoms with E-state index in [0.717, 1.165) is 17.0 Å². The van der Waals surface area contributed by atoms with Crippen LogP contribution < -0.4 is 15.0 Å². The van der Waals surface area contributed by atoms with Crippen LogP contribution in [0.4, 0.5) is 11.4 Å². The van der Waals surface area contributed by atoms with E-state index in [1.165, 1.54) is 0 Å². The number of para-hydroxylation sites is 1. The molecule has 29 heavy (non-hydrogen) atoms. The average Bonchev–Trinajstić information content (AvgIpc) is 2.72. The summed E-state index contributed by atoms with van der Waals surface area (Å²) in [5, 5.41) is 6.61. The number of ether oxygens (including phenoxy) is 1. The molecule has 3 aromatic carbocycles. The van der Waals surface area contributed by atoms with Crippen LogP contribution in [0.5, 0.6) is 11.5 Å². The van der Waals surface area contributed by atoms with Crippen molar-refractivity contribution in [1.82, 2.24) is 0 Å². The van der Waals surface area contributed by atoms with Gasteiger partial charge in [-0.1, -0.05) is 41.6 Å². The van der Waals surface area contributed by atoms with Gasteiger partial charge in [0.1, 0.15) is 11.5 Å². The molecule has 3 aromatic rings. The van der Waals surface area contributed by atoms with Gasteiger partial charge >= 0.3 is 0 Å². The number of benzene rings is 3. The molecule has 3 rings (SSSR count). The lowest BCUT2D eigenvalue weighted by Gasteiger charge is -2.11. The molecule has 0 spiro atoms. The minimum Gasteiger partial charge on any atom is -0.457 e. The molecule has 6 heteroatoms. The average molecular weight is 389 g/mol. The Labute approximate surface area is 170 Å². The third kappa shape index (κ3) is 6.39. The molecule has 0 aromatic heterocycles. The third-order valence-corrected chi connectivity index (χ3v) is 3.98. The fraction of sp³-hybridized carbons (Fsp3) is 0.130. The highest BCUT2D eigenvalue weighted by Gasteiger charge is 2.04. The Morgan fingerprint density at radius 3 is 2.41 bits per heavy atom. The predicted octanol–water partition coefficient (Wildman–Crippen LogP) is 4.53. The summed E-state index contributed by atoms with van der Waals surface area (Å²) in [5.41, 5.74) is 2.61. The molecule has 0 fully saturated rings. The van der Waals surface area contributed by atoms with Gasteiger partial charge < -0.3 is 19.8 Å². The number of oxime groups is 1. The number of hydrogen-bond donors (Lipinski definition) is 1. The van der Waals surface area contributed by atoms with Crippen molar-refractivity contribution in [2.45, 2.75) is 0 Å². The van der Waals surface area contributed by atoms with Gasteiger partial charge in [-0.25, -0.2) is 0 Å². The highest BCUT2D eigenvalue weighted by molar-refractivity contribution is 5.92. The molecule has 1 amide bonds. The summed E-state index contributed by atoms with van der Waals surface area (Å²) in [7, 11) is 3.96. The van der Waals surface area contributed by atoms with Crippen LogP contribution >= 0.6 is 0 Å². The van der Waals surface area contributed by atoms with Crippen LogP contribution in [0.15, 0.2) is 84.0 Å². The van der Waals surface area contributed by atoms with Gasteiger partial charge in [0.05, 0.1) is 6.21 Å². The molecule has 0 aliphatic rings. The lowest BCUT2D eigenvalue weighted by Crippen LogP contribution is -2.16. The predicted molar refractivity (Wildman–Crippen MR) is 116 cm³/mol. The Bertz CT molecular complexity index is 955. The van der Waals surface area contributed by atoms with Gasteiger partial charge in [-0.2, -0.15) is 0 Å². The maximum absolute atomic E-state index is 12.1. The van der Waals surface area contributed by atoms with Crippen molar-refractivity contribution >= 4 is 23.5 Å². The summed E-state index contributed by atoms with van der Waals surface area (Å²) < 4.78 is 5.76. The molecule has 0 atom stereocenters. The van der Waals surface area contributed by atoms with Gasteiger partial charge in [-0.3, -0.25) is 4.79 Å². The van der Waals surface area contributed by atoms with Gasteiger partial charge in [-0.05, 0) is 42.0 Å². The fourth-order valence-corrected chi connectivity index (χ4v) is 2.51. The van der Waals surface area contributed by atoms with Crippen molar-refractivity contribution in [1.29, 1.82) is 0 Å². The lowest BCUT2D eigenvalue weighted by molar-refractivity contribution is -0.120. The number of amides is 1. The zero-order valence-electron chi connectivity index (χ0n) is 16.4. The zero-order valence-corrected chi connectivity index (χ0v) is 16.4. The summed E-state index contributed by atoms with van der Waals surface area (Å²) in [5.74, 6) is 1.06. The van der Waals surface area contributed by atoms with Gasteiger partial charge in [-0.15, -0.1) is 0 Å². The number of anilines is 2. The molecule has 1 N–H and O–H groups in total. The second kappa shape index (κ2) is 9.94. The first-order chi connectivity index (χ1) is 14.1. The maximum Gasteiger partial charge on any atom is 0.265 e. The number of rotatable bonds is 8. The van der Waals surface area contributed by atoms with E-state index in [1.54, 1.807) is 18.3 Å². The van der Waals surface area contributed by atoms with Crippen molar-refractivity contribution in [3.05, 3.63) is 84.4 Å². The largest absolute Gasteiger partial charge is 0.457 e. The summed E-state index contributed by atoms with van der Waals surface area (Å²) >= 11 is 0. The van der Waals surface area contributed by atoms with Gasteiger partial charge in [0, 0.05) is 31.5 Å². The van der Waals surface area contributed by atoms with Crippen LogP contribution in [0.3, 0.4) is 0 Å². The van der Waals surface area contributed by atoms with Crippen molar-refractivity contribution in [2.24, 2.45) is 5.16 Å². The van der Waals surface area contributed by atoms with Crippen LogP contribution in [0.1, 0.15) is 5.56 Å².